The van der Waals surface area contributed by atoms with Gasteiger partial charge in [0, 0.05) is 48.8 Å². The quantitative estimate of drug-likeness (QED) is 0.833. The molecule has 142 valence electrons. The second-order valence-corrected chi connectivity index (χ2v) is 7.73. The molecule has 2 aromatic heterocycles. The lowest BCUT2D eigenvalue weighted by atomic mass is 10.1. The maximum atomic E-state index is 12.7. The molecule has 4 rings (SSSR count). The number of aryl methyl sites for hydroxylation is 1. The first kappa shape index (κ1) is 17.9. The van der Waals surface area contributed by atoms with E-state index in [1.54, 1.807) is 12.4 Å². The molecule has 3 heterocycles. The molecule has 1 saturated heterocycles. The van der Waals surface area contributed by atoms with Gasteiger partial charge in [0.15, 0.2) is 5.82 Å². The highest BCUT2D eigenvalue weighted by Gasteiger charge is 2.29. The normalized spacial score (nSPS) is 18.4. The molecule has 1 saturated carbocycles. The van der Waals surface area contributed by atoms with Crippen molar-refractivity contribution >= 4 is 11.7 Å². The Labute approximate surface area is 160 Å². The maximum Gasteiger partial charge on any atom is 0.242 e. The summed E-state index contributed by atoms with van der Waals surface area (Å²) in [5.74, 6) is 2.48. The summed E-state index contributed by atoms with van der Waals surface area (Å²) in [5.41, 5.74) is 2.94. The van der Waals surface area contributed by atoms with E-state index < -0.39 is 0 Å². The third kappa shape index (κ3) is 3.80. The number of rotatable bonds is 4. The van der Waals surface area contributed by atoms with Gasteiger partial charge in [-0.15, -0.1) is 0 Å². The molecular weight excluding hydrogens is 338 g/mol. The smallest absolute Gasteiger partial charge is 0.242 e. The molecule has 0 bridgehead atoms. The van der Waals surface area contributed by atoms with Crippen LogP contribution in [0.2, 0.25) is 0 Å². The Kier molecular flexibility index (Phi) is 5.05. The van der Waals surface area contributed by atoms with Crippen LogP contribution in [-0.2, 0) is 4.79 Å². The summed E-state index contributed by atoms with van der Waals surface area (Å²) in [4.78, 5) is 30.4. The van der Waals surface area contributed by atoms with Crippen LogP contribution in [0.1, 0.15) is 36.9 Å². The van der Waals surface area contributed by atoms with Gasteiger partial charge in [0.25, 0.3) is 0 Å². The van der Waals surface area contributed by atoms with Gasteiger partial charge in [0.1, 0.15) is 5.82 Å². The lowest BCUT2D eigenvalue weighted by Gasteiger charge is -2.37. The lowest BCUT2D eigenvalue weighted by Crippen LogP contribution is -2.52. The number of carbonyl (C=O) groups excluding carboxylic acids is 1. The summed E-state index contributed by atoms with van der Waals surface area (Å²) in [7, 11) is 0. The van der Waals surface area contributed by atoms with Crippen LogP contribution >= 0.6 is 0 Å². The number of piperazine rings is 1. The van der Waals surface area contributed by atoms with Crippen molar-refractivity contribution in [1.82, 2.24) is 19.9 Å². The van der Waals surface area contributed by atoms with Gasteiger partial charge in [-0.2, -0.15) is 0 Å². The Morgan fingerprint density at radius 1 is 1.07 bits per heavy atom. The molecule has 1 aliphatic heterocycles. The second kappa shape index (κ2) is 7.62. The molecule has 0 unspecified atom stereocenters. The maximum absolute atomic E-state index is 12.7. The third-order valence-corrected chi connectivity index (χ3v) is 5.87. The fourth-order valence-corrected chi connectivity index (χ4v) is 4.14. The van der Waals surface area contributed by atoms with Crippen LogP contribution in [-0.4, -0.2) is 51.9 Å². The zero-order valence-corrected chi connectivity index (χ0v) is 16.2. The van der Waals surface area contributed by atoms with Gasteiger partial charge >= 0.3 is 0 Å². The molecule has 6 heteroatoms. The summed E-state index contributed by atoms with van der Waals surface area (Å²) in [6.07, 6.45) is 8.67. The Hall–Kier alpha value is -2.50. The molecule has 2 aromatic rings. The molecule has 2 fully saturated rings. The third-order valence-electron chi connectivity index (χ3n) is 5.87. The molecule has 0 radical (unpaired) electrons. The zero-order chi connectivity index (χ0) is 18.8. The van der Waals surface area contributed by atoms with E-state index in [1.165, 1.54) is 25.7 Å². The highest BCUT2D eigenvalue weighted by molar-refractivity contribution is 5.83. The second-order valence-electron chi connectivity index (χ2n) is 7.73. The Balaban J connectivity index is 1.53. The lowest BCUT2D eigenvalue weighted by molar-refractivity contribution is -0.131. The number of carbonyl (C=O) groups is 1. The van der Waals surface area contributed by atoms with Gasteiger partial charge in [0.2, 0.25) is 5.91 Å². The largest absolute Gasteiger partial charge is 0.345 e. The number of hydrogen-bond donors (Lipinski definition) is 0. The molecule has 0 spiro atoms. The van der Waals surface area contributed by atoms with E-state index >= 15 is 0 Å². The molecule has 2 aliphatic rings. The average Bonchev–Trinajstić information content (AvgIpc) is 3.19. The van der Waals surface area contributed by atoms with E-state index in [2.05, 4.69) is 19.8 Å². The summed E-state index contributed by atoms with van der Waals surface area (Å²) >= 11 is 0. The summed E-state index contributed by atoms with van der Waals surface area (Å²) < 4.78 is 0. The molecule has 0 N–H and O–H groups in total. The number of amides is 1. The van der Waals surface area contributed by atoms with Crippen molar-refractivity contribution in [3.05, 3.63) is 35.8 Å². The minimum Gasteiger partial charge on any atom is -0.345 e. The SMILES string of the molecule is Cc1nc(-c2ccncc2)nc(N2CCN(CC3CCCC3)C(=O)C2)c1C. The van der Waals surface area contributed by atoms with Crippen LogP contribution in [0.15, 0.2) is 24.5 Å². The van der Waals surface area contributed by atoms with Crippen molar-refractivity contribution < 1.29 is 4.79 Å². The molecule has 27 heavy (non-hydrogen) atoms. The van der Waals surface area contributed by atoms with E-state index in [-0.39, 0.29) is 5.91 Å². The topological polar surface area (TPSA) is 62.2 Å². The van der Waals surface area contributed by atoms with Gasteiger partial charge in [0.05, 0.1) is 6.54 Å². The van der Waals surface area contributed by atoms with E-state index in [0.717, 1.165) is 42.3 Å². The molecule has 1 aliphatic carbocycles. The van der Waals surface area contributed by atoms with E-state index in [9.17, 15) is 4.79 Å². The summed E-state index contributed by atoms with van der Waals surface area (Å²) in [5, 5.41) is 0. The molecule has 0 atom stereocenters. The minimum atomic E-state index is 0.217. The Morgan fingerprint density at radius 3 is 2.52 bits per heavy atom. The summed E-state index contributed by atoms with van der Waals surface area (Å²) in [6.45, 7) is 6.98. The van der Waals surface area contributed by atoms with Crippen molar-refractivity contribution in [3.63, 3.8) is 0 Å². The fourth-order valence-electron chi connectivity index (χ4n) is 4.14. The first-order chi connectivity index (χ1) is 13.1. The van der Waals surface area contributed by atoms with E-state index in [4.69, 9.17) is 4.98 Å². The minimum absolute atomic E-state index is 0.217. The van der Waals surface area contributed by atoms with Gasteiger partial charge in [-0.25, -0.2) is 9.97 Å². The van der Waals surface area contributed by atoms with Crippen molar-refractivity contribution in [1.29, 1.82) is 0 Å². The van der Waals surface area contributed by atoms with Crippen LogP contribution in [0.4, 0.5) is 5.82 Å². The molecule has 6 nitrogen and oxygen atoms in total. The van der Waals surface area contributed by atoms with Crippen molar-refractivity contribution in [2.45, 2.75) is 39.5 Å². The number of hydrogen-bond acceptors (Lipinski definition) is 5. The highest BCUT2D eigenvalue weighted by Crippen LogP contribution is 2.28. The average molecular weight is 365 g/mol. The van der Waals surface area contributed by atoms with Crippen LogP contribution in [0, 0.1) is 19.8 Å². The monoisotopic (exact) mass is 365 g/mol. The predicted molar refractivity (Wildman–Crippen MR) is 105 cm³/mol. The van der Waals surface area contributed by atoms with E-state index in [1.807, 2.05) is 26.0 Å². The highest BCUT2D eigenvalue weighted by atomic mass is 16.2. The van der Waals surface area contributed by atoms with Gasteiger partial charge in [-0.1, -0.05) is 12.8 Å². The fraction of sp³-hybridized carbons (Fsp3) is 0.524. The standard InChI is InChI=1S/C21H27N5O/c1-15-16(2)23-20(18-7-9-22-10-8-18)24-21(15)26-12-11-25(19(27)14-26)13-17-5-3-4-6-17/h7-10,17H,3-6,11-14H2,1-2H3. The molecule has 1 amide bonds. The predicted octanol–water partition coefficient (Wildman–Crippen LogP) is 2.99. The van der Waals surface area contributed by atoms with Crippen molar-refractivity contribution in [2.75, 3.05) is 31.1 Å². The molecular formula is C21H27N5O. The molecule has 0 aromatic carbocycles. The van der Waals surface area contributed by atoms with Crippen LogP contribution in [0.3, 0.4) is 0 Å². The first-order valence-electron chi connectivity index (χ1n) is 9.90. The van der Waals surface area contributed by atoms with Crippen molar-refractivity contribution in [2.24, 2.45) is 5.92 Å². The van der Waals surface area contributed by atoms with Gasteiger partial charge in [-0.05, 0) is 44.7 Å². The Morgan fingerprint density at radius 2 is 1.81 bits per heavy atom. The number of anilines is 1. The van der Waals surface area contributed by atoms with E-state index in [0.29, 0.717) is 18.3 Å². The van der Waals surface area contributed by atoms with Crippen LogP contribution in [0.25, 0.3) is 11.4 Å². The van der Waals surface area contributed by atoms with Crippen LogP contribution in [0.5, 0.6) is 0 Å². The first-order valence-corrected chi connectivity index (χ1v) is 9.90. The van der Waals surface area contributed by atoms with Gasteiger partial charge in [-0.3, -0.25) is 9.78 Å². The number of pyridine rings is 1. The number of aromatic nitrogens is 3. The van der Waals surface area contributed by atoms with Crippen LogP contribution < -0.4 is 4.90 Å². The summed E-state index contributed by atoms with van der Waals surface area (Å²) in [6, 6.07) is 3.83. The number of nitrogens with zero attached hydrogens (tertiary/aromatic N) is 5. The van der Waals surface area contributed by atoms with Gasteiger partial charge < -0.3 is 9.80 Å². The Bertz CT molecular complexity index is 817. The zero-order valence-electron chi connectivity index (χ0n) is 16.2. The van der Waals surface area contributed by atoms with Crippen molar-refractivity contribution in [3.8, 4) is 11.4 Å².